The summed E-state index contributed by atoms with van der Waals surface area (Å²) < 4.78 is 0. The predicted molar refractivity (Wildman–Crippen MR) is 72.4 cm³/mol. The van der Waals surface area contributed by atoms with Crippen LogP contribution >= 0.6 is 22.9 Å². The first-order chi connectivity index (χ1) is 8.26. The zero-order valence-electron chi connectivity index (χ0n) is 9.77. The first-order valence-electron chi connectivity index (χ1n) is 5.51. The van der Waals surface area contributed by atoms with Gasteiger partial charge >= 0.3 is 0 Å². The highest BCUT2D eigenvalue weighted by molar-refractivity contribution is 7.14. The fourth-order valence-electron chi connectivity index (χ4n) is 1.62. The highest BCUT2D eigenvalue weighted by atomic mass is 35.5. The molecule has 5 heteroatoms. The lowest BCUT2D eigenvalue weighted by Gasteiger charge is -2.08. The lowest BCUT2D eigenvalue weighted by molar-refractivity contribution is 0.568. The van der Waals surface area contributed by atoms with E-state index in [1.54, 1.807) is 11.3 Å². The second kappa shape index (κ2) is 5.58. The Balaban J connectivity index is 2.33. The summed E-state index contributed by atoms with van der Waals surface area (Å²) in [6.45, 7) is 2.12. The number of nitrogens with one attached hydrogen (secondary N) is 1. The van der Waals surface area contributed by atoms with Crippen LogP contribution in [0, 0.1) is 0 Å². The molecule has 2 rings (SSSR count). The van der Waals surface area contributed by atoms with Gasteiger partial charge in [0.05, 0.1) is 11.1 Å². The highest BCUT2D eigenvalue weighted by Gasteiger charge is 2.14. The second-order valence-corrected chi connectivity index (χ2v) is 5.09. The van der Waals surface area contributed by atoms with Crippen LogP contribution in [0.25, 0.3) is 10.6 Å². The number of halogens is 1. The molecule has 0 bridgehead atoms. The van der Waals surface area contributed by atoms with E-state index in [9.17, 15) is 0 Å². The molecule has 2 aromatic rings. The lowest BCUT2D eigenvalue weighted by atomic mass is 10.2. The molecule has 17 heavy (non-hydrogen) atoms. The fraction of sp³-hybridized carbons (Fsp3) is 0.333. The van der Waals surface area contributed by atoms with Gasteiger partial charge in [-0.2, -0.15) is 0 Å². The summed E-state index contributed by atoms with van der Waals surface area (Å²) in [5, 5.41) is 14.2. The molecule has 90 valence electrons. The minimum absolute atomic E-state index is 0.267. The fourth-order valence-corrected chi connectivity index (χ4v) is 2.98. The predicted octanol–water partition coefficient (Wildman–Crippen LogP) is 3.53. The number of aromatic nitrogens is 2. The minimum atomic E-state index is 0.267. The van der Waals surface area contributed by atoms with Gasteiger partial charge in [0, 0.05) is 5.56 Å². The van der Waals surface area contributed by atoms with Crippen molar-refractivity contribution >= 4 is 22.9 Å². The molecule has 0 aliphatic rings. The first-order valence-corrected chi connectivity index (χ1v) is 6.71. The van der Waals surface area contributed by atoms with Gasteiger partial charge in [-0.3, -0.25) is 0 Å². The van der Waals surface area contributed by atoms with Gasteiger partial charge in [0.25, 0.3) is 0 Å². The number of nitrogens with zero attached hydrogens (tertiary/aromatic N) is 2. The third kappa shape index (κ3) is 2.65. The van der Waals surface area contributed by atoms with Crippen LogP contribution in [0.2, 0.25) is 5.02 Å². The summed E-state index contributed by atoms with van der Waals surface area (Å²) in [5.74, 6) is 0. The molecule has 1 heterocycles. The van der Waals surface area contributed by atoms with Crippen molar-refractivity contribution < 1.29 is 0 Å². The normalized spacial score (nSPS) is 12.6. The molecule has 0 saturated carbocycles. The monoisotopic (exact) mass is 267 g/mol. The molecule has 0 aliphatic heterocycles. The molecule has 1 N–H and O–H groups in total. The van der Waals surface area contributed by atoms with Gasteiger partial charge in [0.2, 0.25) is 0 Å². The van der Waals surface area contributed by atoms with E-state index < -0.39 is 0 Å². The van der Waals surface area contributed by atoms with Crippen LogP contribution in [0.5, 0.6) is 0 Å². The van der Waals surface area contributed by atoms with E-state index in [0.29, 0.717) is 5.02 Å². The van der Waals surface area contributed by atoms with Crippen molar-refractivity contribution in [1.29, 1.82) is 0 Å². The molecule has 1 aromatic carbocycles. The van der Waals surface area contributed by atoms with Crippen molar-refractivity contribution in [2.45, 2.75) is 19.4 Å². The third-order valence-electron chi connectivity index (χ3n) is 2.60. The van der Waals surface area contributed by atoms with Crippen LogP contribution in [-0.4, -0.2) is 17.2 Å². The van der Waals surface area contributed by atoms with Gasteiger partial charge in [0.1, 0.15) is 10.0 Å². The Labute approximate surface area is 110 Å². The van der Waals surface area contributed by atoms with Crippen molar-refractivity contribution in [3.8, 4) is 10.6 Å². The van der Waals surface area contributed by atoms with E-state index in [0.717, 1.165) is 22.0 Å². The maximum Gasteiger partial charge on any atom is 0.149 e. The summed E-state index contributed by atoms with van der Waals surface area (Å²) in [7, 11) is 1.94. The van der Waals surface area contributed by atoms with Crippen LogP contribution in [-0.2, 0) is 0 Å². The summed E-state index contributed by atoms with van der Waals surface area (Å²) in [4.78, 5) is 0. The number of benzene rings is 1. The smallest absolute Gasteiger partial charge is 0.149 e. The maximum atomic E-state index is 6.14. The molecule has 0 radical (unpaired) electrons. The summed E-state index contributed by atoms with van der Waals surface area (Å²) in [6, 6.07) is 7.97. The Hall–Kier alpha value is -0.970. The van der Waals surface area contributed by atoms with Crippen LogP contribution in [0.3, 0.4) is 0 Å². The Bertz CT molecular complexity index is 494. The van der Waals surface area contributed by atoms with E-state index in [4.69, 9.17) is 11.6 Å². The van der Waals surface area contributed by atoms with Crippen molar-refractivity contribution in [2.24, 2.45) is 0 Å². The van der Waals surface area contributed by atoms with E-state index in [2.05, 4.69) is 22.4 Å². The van der Waals surface area contributed by atoms with Gasteiger partial charge in [-0.1, -0.05) is 48.1 Å². The van der Waals surface area contributed by atoms with Crippen molar-refractivity contribution in [3.63, 3.8) is 0 Å². The minimum Gasteiger partial charge on any atom is -0.311 e. The lowest BCUT2D eigenvalue weighted by Crippen LogP contribution is -2.14. The summed E-state index contributed by atoms with van der Waals surface area (Å²) in [6.07, 6.45) is 0.994. The van der Waals surface area contributed by atoms with E-state index >= 15 is 0 Å². The molecular formula is C12H14ClN3S. The highest BCUT2D eigenvalue weighted by Crippen LogP contribution is 2.32. The van der Waals surface area contributed by atoms with Crippen LogP contribution in [0.15, 0.2) is 24.3 Å². The average molecular weight is 268 g/mol. The largest absolute Gasteiger partial charge is 0.311 e. The van der Waals surface area contributed by atoms with Crippen LogP contribution < -0.4 is 5.32 Å². The Morgan fingerprint density at radius 3 is 2.76 bits per heavy atom. The molecule has 0 amide bonds. The third-order valence-corrected chi connectivity index (χ3v) is 4.00. The zero-order valence-corrected chi connectivity index (χ0v) is 11.3. The Kier molecular flexibility index (Phi) is 4.10. The van der Waals surface area contributed by atoms with Crippen LogP contribution in [0.1, 0.15) is 24.4 Å². The molecular weight excluding hydrogens is 254 g/mol. The van der Waals surface area contributed by atoms with E-state index in [1.165, 1.54) is 0 Å². The number of hydrogen-bond donors (Lipinski definition) is 1. The van der Waals surface area contributed by atoms with E-state index in [1.807, 2.05) is 31.3 Å². The number of hydrogen-bond acceptors (Lipinski definition) is 4. The molecule has 1 aromatic heterocycles. The topological polar surface area (TPSA) is 37.8 Å². The average Bonchev–Trinajstić information content (AvgIpc) is 2.81. The number of rotatable bonds is 4. The van der Waals surface area contributed by atoms with Gasteiger partial charge < -0.3 is 5.32 Å². The van der Waals surface area contributed by atoms with Gasteiger partial charge in [0.15, 0.2) is 0 Å². The molecule has 3 nitrogen and oxygen atoms in total. The first kappa shape index (κ1) is 12.5. The summed E-state index contributed by atoms with van der Waals surface area (Å²) >= 11 is 7.73. The molecule has 0 spiro atoms. The standard InChI is InChI=1S/C12H14ClN3S/c1-3-10(14-2)12-16-15-11(17-12)8-6-4-5-7-9(8)13/h4-7,10,14H,3H2,1-2H3. The zero-order chi connectivity index (χ0) is 12.3. The second-order valence-electron chi connectivity index (χ2n) is 3.67. The van der Waals surface area contributed by atoms with Crippen molar-refractivity contribution in [2.75, 3.05) is 7.05 Å². The molecule has 0 saturated heterocycles. The van der Waals surface area contributed by atoms with Gasteiger partial charge in [-0.05, 0) is 19.5 Å². The molecule has 1 unspecified atom stereocenters. The summed E-state index contributed by atoms with van der Waals surface area (Å²) in [5.41, 5.74) is 0.948. The van der Waals surface area contributed by atoms with Gasteiger partial charge in [-0.15, -0.1) is 10.2 Å². The molecule has 0 fully saturated rings. The maximum absolute atomic E-state index is 6.14. The van der Waals surface area contributed by atoms with E-state index in [-0.39, 0.29) is 6.04 Å². The SMILES string of the molecule is CCC(NC)c1nnc(-c2ccccc2Cl)s1. The van der Waals surface area contributed by atoms with Crippen molar-refractivity contribution in [1.82, 2.24) is 15.5 Å². The Morgan fingerprint density at radius 1 is 1.35 bits per heavy atom. The molecule has 0 aliphatic carbocycles. The van der Waals surface area contributed by atoms with Gasteiger partial charge in [-0.25, -0.2) is 0 Å². The molecule has 1 atom stereocenters. The van der Waals surface area contributed by atoms with Crippen LogP contribution in [0.4, 0.5) is 0 Å². The Morgan fingerprint density at radius 2 is 2.12 bits per heavy atom. The quantitative estimate of drug-likeness (QED) is 0.921. The van der Waals surface area contributed by atoms with Crippen molar-refractivity contribution in [3.05, 3.63) is 34.3 Å².